The molecule has 6 N–H and O–H groups in total. The Morgan fingerprint density at radius 2 is 1.72 bits per heavy atom. The van der Waals surface area contributed by atoms with Crippen molar-refractivity contribution in [1.29, 1.82) is 0 Å². The van der Waals surface area contributed by atoms with Crippen molar-refractivity contribution in [2.75, 3.05) is 30.1 Å². The summed E-state index contributed by atoms with van der Waals surface area (Å²) in [5, 5.41) is 16.2. The Hall–Kier alpha value is -1.11. The van der Waals surface area contributed by atoms with Gasteiger partial charge in [-0.25, -0.2) is 4.79 Å². The number of rotatable bonds is 12. The van der Waals surface area contributed by atoms with Crippen LogP contribution in [0.1, 0.15) is 6.42 Å². The van der Waals surface area contributed by atoms with Crippen molar-refractivity contribution < 1.29 is 24.3 Å². The van der Waals surface area contributed by atoms with Crippen LogP contribution in [-0.2, 0) is 19.2 Å². The summed E-state index contributed by atoms with van der Waals surface area (Å²) in [4.78, 5) is 46.5. The van der Waals surface area contributed by atoms with E-state index in [1.54, 1.807) is 0 Å². The number of carboxylic acids is 1. The van der Waals surface area contributed by atoms with Gasteiger partial charge in [0.2, 0.25) is 17.7 Å². The van der Waals surface area contributed by atoms with E-state index in [1.807, 2.05) is 6.26 Å². The number of carbonyl (C=O) groups is 4. The first-order valence-electron chi connectivity index (χ1n) is 7.33. The molecular formula is C13H24N4O5S3. The number of hydrogen-bond acceptors (Lipinski definition) is 8. The summed E-state index contributed by atoms with van der Waals surface area (Å²) in [6.07, 6.45) is 2.08. The van der Waals surface area contributed by atoms with Gasteiger partial charge in [0, 0.05) is 11.5 Å². The molecule has 25 heavy (non-hydrogen) atoms. The van der Waals surface area contributed by atoms with Gasteiger partial charge in [-0.3, -0.25) is 14.4 Å². The van der Waals surface area contributed by atoms with Gasteiger partial charge >= 0.3 is 5.97 Å². The normalized spacial score (nSPS) is 14.1. The first-order valence-corrected chi connectivity index (χ1v) is 9.99. The van der Waals surface area contributed by atoms with Crippen LogP contribution in [0.25, 0.3) is 0 Å². The second-order valence-corrected chi connectivity index (χ2v) is 6.71. The molecule has 9 nitrogen and oxygen atoms in total. The molecule has 0 saturated carbocycles. The Morgan fingerprint density at radius 1 is 1.08 bits per heavy atom. The fraction of sp³-hybridized carbons (Fsp3) is 0.692. The molecule has 3 amide bonds. The van der Waals surface area contributed by atoms with Crippen molar-refractivity contribution in [2.24, 2.45) is 5.73 Å². The van der Waals surface area contributed by atoms with Gasteiger partial charge in [0.25, 0.3) is 0 Å². The molecule has 0 rings (SSSR count). The molecule has 3 atom stereocenters. The quantitative estimate of drug-likeness (QED) is 0.185. The molecule has 144 valence electrons. The molecular weight excluding hydrogens is 388 g/mol. The van der Waals surface area contributed by atoms with Crippen molar-refractivity contribution in [3.05, 3.63) is 0 Å². The fourth-order valence-corrected chi connectivity index (χ4v) is 2.48. The van der Waals surface area contributed by atoms with Crippen LogP contribution >= 0.6 is 37.0 Å². The largest absolute Gasteiger partial charge is 0.480 e. The van der Waals surface area contributed by atoms with Crippen LogP contribution < -0.4 is 21.7 Å². The van der Waals surface area contributed by atoms with Gasteiger partial charge in [-0.2, -0.15) is 37.0 Å². The summed E-state index contributed by atoms with van der Waals surface area (Å²) in [6.45, 7) is -0.368. The molecule has 0 aliphatic carbocycles. The van der Waals surface area contributed by atoms with Crippen LogP contribution in [0, 0.1) is 0 Å². The number of nitrogens with one attached hydrogen (secondary N) is 3. The van der Waals surface area contributed by atoms with Gasteiger partial charge in [-0.05, 0) is 18.4 Å². The Labute approximate surface area is 161 Å². The molecule has 0 bridgehead atoms. The van der Waals surface area contributed by atoms with E-state index in [2.05, 4.69) is 41.2 Å². The molecule has 0 spiro atoms. The molecule has 0 aromatic rings. The number of hydrogen-bond donors (Lipinski definition) is 7. The second kappa shape index (κ2) is 13.1. The van der Waals surface area contributed by atoms with Crippen LogP contribution in [-0.4, -0.2) is 77.0 Å². The molecule has 0 heterocycles. The van der Waals surface area contributed by atoms with Crippen LogP contribution in [0.15, 0.2) is 0 Å². The van der Waals surface area contributed by atoms with E-state index in [9.17, 15) is 19.2 Å². The lowest BCUT2D eigenvalue weighted by molar-refractivity contribution is -0.142. The zero-order chi connectivity index (χ0) is 19.4. The molecule has 0 radical (unpaired) electrons. The minimum absolute atomic E-state index is 0.0312. The summed E-state index contributed by atoms with van der Waals surface area (Å²) in [6, 6.07) is -2.91. The highest BCUT2D eigenvalue weighted by Crippen LogP contribution is 2.02. The van der Waals surface area contributed by atoms with Crippen LogP contribution in [0.2, 0.25) is 0 Å². The topological polar surface area (TPSA) is 151 Å². The molecule has 0 unspecified atom stereocenters. The number of carbonyl (C=O) groups excluding carboxylic acids is 3. The third kappa shape index (κ3) is 9.82. The molecule has 0 aromatic carbocycles. The molecule has 12 heteroatoms. The van der Waals surface area contributed by atoms with E-state index >= 15 is 0 Å². The van der Waals surface area contributed by atoms with E-state index < -0.39 is 41.8 Å². The average Bonchev–Trinajstić information content (AvgIpc) is 2.59. The van der Waals surface area contributed by atoms with Crippen molar-refractivity contribution in [1.82, 2.24) is 16.0 Å². The summed E-state index contributed by atoms with van der Waals surface area (Å²) in [7, 11) is 0. The van der Waals surface area contributed by atoms with Crippen molar-refractivity contribution in [2.45, 2.75) is 24.5 Å². The molecule has 0 saturated heterocycles. The summed E-state index contributed by atoms with van der Waals surface area (Å²) < 4.78 is 0. The van der Waals surface area contributed by atoms with Gasteiger partial charge in [-0.1, -0.05) is 0 Å². The second-order valence-electron chi connectivity index (χ2n) is 4.99. The van der Waals surface area contributed by atoms with E-state index in [1.165, 1.54) is 11.8 Å². The first kappa shape index (κ1) is 23.9. The predicted molar refractivity (Wildman–Crippen MR) is 103 cm³/mol. The molecule has 0 fully saturated rings. The maximum atomic E-state index is 12.1. The summed E-state index contributed by atoms with van der Waals surface area (Å²) in [5.41, 5.74) is 5.45. The van der Waals surface area contributed by atoms with Gasteiger partial charge in [0.05, 0.1) is 12.6 Å². The smallest absolute Gasteiger partial charge is 0.326 e. The van der Waals surface area contributed by atoms with Crippen LogP contribution in [0.4, 0.5) is 0 Å². The van der Waals surface area contributed by atoms with Crippen LogP contribution in [0.3, 0.4) is 0 Å². The molecule has 0 aliphatic rings. The standard InChI is InChI=1S/C13H24N4O5S3/c1-25-3-2-8(13(21)22)17-12(20)9(6-24)16-10(18)4-15-11(19)7(14)5-23/h7-9,23-24H,2-6,14H2,1H3,(H,15,19)(H,16,18)(H,17,20)(H,21,22)/t7-,8-,9-/m0/s1. The lowest BCUT2D eigenvalue weighted by Crippen LogP contribution is -2.54. The fourth-order valence-electron chi connectivity index (χ4n) is 1.59. The van der Waals surface area contributed by atoms with E-state index in [-0.39, 0.29) is 24.5 Å². The number of thiol groups is 2. The molecule has 0 aromatic heterocycles. The van der Waals surface area contributed by atoms with E-state index in [0.29, 0.717) is 5.75 Å². The van der Waals surface area contributed by atoms with Gasteiger partial charge in [-0.15, -0.1) is 0 Å². The maximum absolute atomic E-state index is 12.1. The monoisotopic (exact) mass is 412 g/mol. The van der Waals surface area contributed by atoms with Crippen molar-refractivity contribution in [3.8, 4) is 0 Å². The minimum atomic E-state index is -1.15. The number of carboxylic acid groups (broad SMARTS) is 1. The highest BCUT2D eigenvalue weighted by atomic mass is 32.2. The van der Waals surface area contributed by atoms with Gasteiger partial charge in [0.1, 0.15) is 12.1 Å². The highest BCUT2D eigenvalue weighted by Gasteiger charge is 2.25. The predicted octanol–water partition coefficient (Wildman–Crippen LogP) is -1.90. The SMILES string of the molecule is CSCC[C@H](NC(=O)[C@H](CS)NC(=O)CNC(=O)[C@@H](N)CS)C(=O)O. The number of nitrogens with two attached hydrogens (primary N) is 1. The maximum Gasteiger partial charge on any atom is 0.326 e. The summed E-state index contributed by atoms with van der Waals surface area (Å²) in [5.74, 6) is -2.31. The number of aliphatic carboxylic acids is 1. The van der Waals surface area contributed by atoms with Crippen molar-refractivity contribution in [3.63, 3.8) is 0 Å². The Morgan fingerprint density at radius 3 is 2.20 bits per heavy atom. The molecule has 0 aliphatic heterocycles. The Bertz CT molecular complexity index is 481. The zero-order valence-corrected chi connectivity index (χ0v) is 16.3. The lowest BCUT2D eigenvalue weighted by atomic mass is 10.2. The third-order valence-corrected chi connectivity index (χ3v) is 4.42. The van der Waals surface area contributed by atoms with Crippen molar-refractivity contribution >= 4 is 60.7 Å². The van der Waals surface area contributed by atoms with E-state index in [4.69, 9.17) is 10.8 Å². The number of amides is 3. The lowest BCUT2D eigenvalue weighted by Gasteiger charge is -2.20. The Kier molecular flexibility index (Phi) is 12.6. The number of thioether (sulfide) groups is 1. The average molecular weight is 413 g/mol. The highest BCUT2D eigenvalue weighted by molar-refractivity contribution is 7.98. The van der Waals surface area contributed by atoms with Crippen LogP contribution in [0.5, 0.6) is 0 Å². The third-order valence-electron chi connectivity index (χ3n) is 3.02. The minimum Gasteiger partial charge on any atom is -0.480 e. The van der Waals surface area contributed by atoms with Gasteiger partial charge < -0.3 is 26.8 Å². The van der Waals surface area contributed by atoms with Gasteiger partial charge in [0.15, 0.2) is 0 Å². The zero-order valence-electron chi connectivity index (χ0n) is 13.7. The van der Waals surface area contributed by atoms with E-state index in [0.717, 1.165) is 0 Å². The Balaban J connectivity index is 4.54. The summed E-state index contributed by atoms with van der Waals surface area (Å²) >= 11 is 9.31. The first-order chi connectivity index (χ1) is 11.8.